The van der Waals surface area contributed by atoms with Crippen molar-refractivity contribution in [3.8, 4) is 10.8 Å². The van der Waals surface area contributed by atoms with Crippen LogP contribution in [0.25, 0.3) is 10.8 Å². The van der Waals surface area contributed by atoms with Gasteiger partial charge < -0.3 is 5.32 Å². The van der Waals surface area contributed by atoms with E-state index in [4.69, 9.17) is 4.98 Å². The Kier molecular flexibility index (Phi) is 4.83. The Morgan fingerprint density at radius 1 is 1.20 bits per heavy atom. The minimum Gasteiger partial charge on any atom is -0.307 e. The number of hydrogen-bond acceptors (Lipinski definition) is 5. The molecule has 0 atom stereocenters. The quantitative estimate of drug-likeness (QED) is 0.916. The van der Waals surface area contributed by atoms with Gasteiger partial charge in [-0.25, -0.2) is 15.0 Å². The van der Waals surface area contributed by atoms with Gasteiger partial charge in [0.25, 0.3) is 0 Å². The van der Waals surface area contributed by atoms with Crippen molar-refractivity contribution in [2.45, 2.75) is 52.6 Å². The lowest BCUT2D eigenvalue weighted by Crippen LogP contribution is -2.35. The molecule has 0 fully saturated rings. The lowest BCUT2D eigenvalue weighted by atomic mass is 10.1. The number of thiazole rings is 1. The van der Waals surface area contributed by atoms with E-state index in [2.05, 4.69) is 43.0 Å². The van der Waals surface area contributed by atoms with Gasteiger partial charge in [-0.05, 0) is 33.3 Å². The van der Waals surface area contributed by atoms with Crippen molar-refractivity contribution in [3.63, 3.8) is 0 Å². The van der Waals surface area contributed by atoms with Gasteiger partial charge in [0.1, 0.15) is 0 Å². The summed E-state index contributed by atoms with van der Waals surface area (Å²) in [5.41, 5.74) is 1.29. The van der Waals surface area contributed by atoms with Crippen LogP contribution >= 0.6 is 11.3 Å². The van der Waals surface area contributed by atoms with Crippen molar-refractivity contribution in [3.05, 3.63) is 29.0 Å². The molecule has 0 saturated heterocycles. The van der Waals surface area contributed by atoms with E-state index in [0.29, 0.717) is 0 Å². The van der Waals surface area contributed by atoms with Gasteiger partial charge >= 0.3 is 0 Å². The monoisotopic (exact) mass is 290 g/mol. The van der Waals surface area contributed by atoms with Gasteiger partial charge in [0, 0.05) is 29.4 Å². The highest BCUT2D eigenvalue weighted by Crippen LogP contribution is 2.26. The summed E-state index contributed by atoms with van der Waals surface area (Å²) in [7, 11) is 0. The SMILES string of the molecule is CCCc1nc(-c2ncccn2)sc1CNC(C)(C)C. The van der Waals surface area contributed by atoms with Gasteiger partial charge in [-0.15, -0.1) is 11.3 Å². The van der Waals surface area contributed by atoms with Crippen LogP contribution in [0.5, 0.6) is 0 Å². The molecule has 20 heavy (non-hydrogen) atoms. The van der Waals surface area contributed by atoms with Crippen molar-refractivity contribution in [2.75, 3.05) is 0 Å². The predicted molar refractivity (Wildman–Crippen MR) is 83.7 cm³/mol. The summed E-state index contributed by atoms with van der Waals surface area (Å²) in [6.45, 7) is 9.56. The third kappa shape index (κ3) is 4.08. The number of hydrogen-bond donors (Lipinski definition) is 1. The molecule has 2 heterocycles. The molecule has 0 bridgehead atoms. The zero-order chi connectivity index (χ0) is 14.6. The molecular formula is C15H22N4S. The molecule has 2 aromatic heterocycles. The fourth-order valence-electron chi connectivity index (χ4n) is 1.80. The van der Waals surface area contributed by atoms with E-state index in [1.165, 1.54) is 10.6 Å². The Morgan fingerprint density at radius 3 is 2.50 bits per heavy atom. The van der Waals surface area contributed by atoms with Crippen LogP contribution in [-0.4, -0.2) is 20.5 Å². The maximum atomic E-state index is 4.72. The van der Waals surface area contributed by atoms with Crippen LogP contribution in [0, 0.1) is 0 Å². The fourth-order valence-corrected chi connectivity index (χ4v) is 2.80. The molecule has 0 aromatic carbocycles. The molecule has 0 spiro atoms. The van der Waals surface area contributed by atoms with E-state index in [-0.39, 0.29) is 5.54 Å². The molecule has 0 aliphatic carbocycles. The second-order valence-corrected chi connectivity index (χ2v) is 6.90. The second kappa shape index (κ2) is 6.41. The van der Waals surface area contributed by atoms with Crippen molar-refractivity contribution in [2.24, 2.45) is 0 Å². The molecule has 1 N–H and O–H groups in total. The summed E-state index contributed by atoms with van der Waals surface area (Å²) in [6, 6.07) is 1.83. The van der Waals surface area contributed by atoms with Crippen LogP contribution in [0.15, 0.2) is 18.5 Å². The minimum absolute atomic E-state index is 0.108. The smallest absolute Gasteiger partial charge is 0.188 e. The normalized spacial score (nSPS) is 11.8. The molecule has 2 rings (SSSR count). The van der Waals surface area contributed by atoms with Crippen molar-refractivity contribution in [1.29, 1.82) is 0 Å². The Morgan fingerprint density at radius 2 is 1.90 bits per heavy atom. The second-order valence-electron chi connectivity index (χ2n) is 5.81. The zero-order valence-electron chi connectivity index (χ0n) is 12.6. The third-order valence-electron chi connectivity index (χ3n) is 2.80. The third-order valence-corrected chi connectivity index (χ3v) is 3.89. The largest absolute Gasteiger partial charge is 0.307 e. The minimum atomic E-state index is 0.108. The molecular weight excluding hydrogens is 268 g/mol. The Balaban J connectivity index is 2.24. The Labute approximate surface area is 124 Å². The summed E-state index contributed by atoms with van der Waals surface area (Å²) in [5.74, 6) is 0.719. The summed E-state index contributed by atoms with van der Waals surface area (Å²) in [6.07, 6.45) is 5.62. The lowest BCUT2D eigenvalue weighted by molar-refractivity contribution is 0.425. The maximum Gasteiger partial charge on any atom is 0.188 e. The molecule has 5 heteroatoms. The van der Waals surface area contributed by atoms with Crippen LogP contribution in [0.4, 0.5) is 0 Å². The summed E-state index contributed by atoms with van der Waals surface area (Å²) in [5, 5.41) is 4.45. The van der Waals surface area contributed by atoms with Crippen LogP contribution in [0.2, 0.25) is 0 Å². The first-order chi connectivity index (χ1) is 9.49. The molecule has 0 amide bonds. The topological polar surface area (TPSA) is 50.7 Å². The van der Waals surface area contributed by atoms with Crippen LogP contribution < -0.4 is 5.32 Å². The maximum absolute atomic E-state index is 4.72. The van der Waals surface area contributed by atoms with Gasteiger partial charge in [0.15, 0.2) is 10.8 Å². The first kappa shape index (κ1) is 15.1. The predicted octanol–water partition coefficient (Wildman–Crippen LogP) is 3.44. The highest BCUT2D eigenvalue weighted by Gasteiger charge is 2.16. The Bertz CT molecular complexity index is 543. The molecule has 4 nitrogen and oxygen atoms in total. The van der Waals surface area contributed by atoms with Crippen molar-refractivity contribution in [1.82, 2.24) is 20.3 Å². The van der Waals surface area contributed by atoms with Gasteiger partial charge in [-0.3, -0.25) is 0 Å². The van der Waals surface area contributed by atoms with E-state index in [9.17, 15) is 0 Å². The Hall–Kier alpha value is -1.33. The van der Waals surface area contributed by atoms with Crippen LogP contribution in [0.3, 0.4) is 0 Å². The molecule has 0 radical (unpaired) electrons. The first-order valence-corrected chi connectivity index (χ1v) is 7.82. The van der Waals surface area contributed by atoms with Crippen molar-refractivity contribution < 1.29 is 0 Å². The molecule has 0 saturated carbocycles. The number of nitrogens with one attached hydrogen (secondary N) is 1. The average molecular weight is 290 g/mol. The highest BCUT2D eigenvalue weighted by atomic mass is 32.1. The van der Waals surface area contributed by atoms with E-state index < -0.39 is 0 Å². The molecule has 108 valence electrons. The van der Waals surface area contributed by atoms with E-state index >= 15 is 0 Å². The number of rotatable bonds is 5. The van der Waals surface area contributed by atoms with E-state index in [1.807, 2.05) is 6.07 Å². The van der Waals surface area contributed by atoms with E-state index in [0.717, 1.165) is 30.2 Å². The van der Waals surface area contributed by atoms with Gasteiger partial charge in [-0.1, -0.05) is 13.3 Å². The molecule has 0 aliphatic rings. The first-order valence-electron chi connectivity index (χ1n) is 7.00. The highest BCUT2D eigenvalue weighted by molar-refractivity contribution is 7.15. The molecule has 2 aromatic rings. The van der Waals surface area contributed by atoms with Crippen LogP contribution in [0.1, 0.15) is 44.7 Å². The fraction of sp³-hybridized carbons (Fsp3) is 0.533. The van der Waals surface area contributed by atoms with Crippen LogP contribution in [-0.2, 0) is 13.0 Å². The van der Waals surface area contributed by atoms with E-state index in [1.54, 1.807) is 23.7 Å². The number of nitrogens with zero attached hydrogens (tertiary/aromatic N) is 3. The zero-order valence-corrected chi connectivity index (χ0v) is 13.4. The van der Waals surface area contributed by atoms with Crippen molar-refractivity contribution >= 4 is 11.3 Å². The number of aryl methyl sites for hydroxylation is 1. The molecule has 0 aliphatic heterocycles. The molecule has 0 unspecified atom stereocenters. The van der Waals surface area contributed by atoms with Gasteiger partial charge in [-0.2, -0.15) is 0 Å². The summed E-state index contributed by atoms with van der Waals surface area (Å²) >= 11 is 1.69. The summed E-state index contributed by atoms with van der Waals surface area (Å²) in [4.78, 5) is 14.6. The van der Waals surface area contributed by atoms with Gasteiger partial charge in [0.05, 0.1) is 5.69 Å². The average Bonchev–Trinajstić information content (AvgIpc) is 2.80. The van der Waals surface area contributed by atoms with Gasteiger partial charge in [0.2, 0.25) is 0 Å². The lowest BCUT2D eigenvalue weighted by Gasteiger charge is -2.20. The standard InChI is InChI=1S/C15H22N4S/c1-5-7-11-12(10-18-15(2,3)4)20-14(19-11)13-16-8-6-9-17-13/h6,8-9,18H,5,7,10H2,1-4H3. The number of aromatic nitrogens is 3. The summed E-state index contributed by atoms with van der Waals surface area (Å²) < 4.78 is 0.